The maximum Gasteiger partial charge on any atom is 0.300 e. The first-order valence-electron chi connectivity index (χ1n) is 11.7. The highest BCUT2D eigenvalue weighted by Crippen LogP contribution is 2.43. The molecule has 3 aromatic rings. The number of rotatable bonds is 7. The average Bonchev–Trinajstić information content (AvgIpc) is 3.13. The summed E-state index contributed by atoms with van der Waals surface area (Å²) in [5, 5.41) is 11.7. The molecule has 0 bridgehead atoms. The van der Waals surface area contributed by atoms with Crippen LogP contribution in [0.2, 0.25) is 5.02 Å². The van der Waals surface area contributed by atoms with E-state index < -0.39 is 17.7 Å². The largest absolute Gasteiger partial charge is 0.507 e. The number of carbonyl (C=O) groups is 2. The van der Waals surface area contributed by atoms with Crippen molar-refractivity contribution in [1.82, 2.24) is 0 Å². The molecule has 0 aliphatic carbocycles. The van der Waals surface area contributed by atoms with Crippen LogP contribution in [0.5, 0.6) is 11.5 Å². The summed E-state index contributed by atoms with van der Waals surface area (Å²) in [6, 6.07) is 18.4. The van der Waals surface area contributed by atoms with Crippen LogP contribution in [-0.4, -0.2) is 30.5 Å². The number of hydrogen-bond acceptors (Lipinski definition) is 5. The zero-order chi connectivity index (χ0) is 26.0. The Kier molecular flexibility index (Phi) is 7.36. The first kappa shape index (κ1) is 25.3. The van der Waals surface area contributed by atoms with Crippen LogP contribution >= 0.6 is 11.6 Å². The van der Waals surface area contributed by atoms with Crippen molar-refractivity contribution in [1.29, 1.82) is 0 Å². The first-order valence-corrected chi connectivity index (χ1v) is 12.0. The monoisotopic (exact) mass is 505 g/mol. The number of anilines is 1. The second kappa shape index (κ2) is 10.5. The molecule has 4 rings (SSSR count). The molecule has 1 amide bonds. The normalized spacial score (nSPS) is 17.1. The van der Waals surface area contributed by atoms with Crippen LogP contribution in [0.3, 0.4) is 0 Å². The third kappa shape index (κ3) is 4.95. The number of amides is 1. The summed E-state index contributed by atoms with van der Waals surface area (Å²) in [5.41, 5.74) is 2.43. The van der Waals surface area contributed by atoms with Gasteiger partial charge in [-0.25, -0.2) is 0 Å². The molecule has 1 fully saturated rings. The van der Waals surface area contributed by atoms with E-state index in [9.17, 15) is 14.7 Å². The smallest absolute Gasteiger partial charge is 0.300 e. The van der Waals surface area contributed by atoms with Gasteiger partial charge in [0.1, 0.15) is 17.3 Å². The molecule has 0 aromatic heterocycles. The summed E-state index contributed by atoms with van der Waals surface area (Å²) in [7, 11) is 1.46. The Hall–Kier alpha value is -3.77. The molecule has 1 aliphatic rings. The standard InChI is InChI=1S/C29H28ClNO5/c1-17(2)16-36-22-10-6-8-19(14-22)26-25(27(32)20-11-12-23(30)24(15-20)35-4)28(33)29(34)31(26)21-9-5-7-18(3)13-21/h5-15,17,26,32H,16H2,1-4H3/b27-25-. The van der Waals surface area contributed by atoms with Gasteiger partial charge in [-0.15, -0.1) is 0 Å². The highest BCUT2D eigenvalue weighted by Gasteiger charge is 2.47. The van der Waals surface area contributed by atoms with Crippen LogP contribution in [-0.2, 0) is 9.59 Å². The van der Waals surface area contributed by atoms with Gasteiger partial charge >= 0.3 is 0 Å². The highest BCUT2D eigenvalue weighted by molar-refractivity contribution is 6.51. The summed E-state index contributed by atoms with van der Waals surface area (Å²) in [5.74, 6) is -0.523. The molecule has 3 aromatic carbocycles. The van der Waals surface area contributed by atoms with Crippen LogP contribution in [0.1, 0.15) is 36.6 Å². The molecule has 1 N–H and O–H groups in total. The van der Waals surface area contributed by atoms with E-state index in [0.29, 0.717) is 45.9 Å². The van der Waals surface area contributed by atoms with Gasteiger partial charge in [0.25, 0.3) is 11.7 Å². The number of methoxy groups -OCH3 is 1. The minimum atomic E-state index is -0.865. The van der Waals surface area contributed by atoms with Crippen LogP contribution < -0.4 is 14.4 Å². The lowest BCUT2D eigenvalue weighted by Gasteiger charge is -2.26. The zero-order valence-electron chi connectivity index (χ0n) is 20.6. The number of nitrogens with zero attached hydrogens (tertiary/aromatic N) is 1. The molecular weight excluding hydrogens is 478 g/mol. The van der Waals surface area contributed by atoms with Gasteiger partial charge in [0.2, 0.25) is 0 Å². The first-order chi connectivity index (χ1) is 17.2. The zero-order valence-corrected chi connectivity index (χ0v) is 21.4. The van der Waals surface area contributed by atoms with Crippen molar-refractivity contribution in [3.05, 3.63) is 94.0 Å². The van der Waals surface area contributed by atoms with Crippen molar-refractivity contribution < 1.29 is 24.2 Å². The summed E-state index contributed by atoms with van der Waals surface area (Å²) < 4.78 is 11.2. The number of benzene rings is 3. The number of aryl methyl sites for hydroxylation is 1. The van der Waals surface area contributed by atoms with Crippen molar-refractivity contribution in [2.24, 2.45) is 5.92 Å². The molecule has 1 saturated heterocycles. The van der Waals surface area contributed by atoms with Crippen molar-refractivity contribution in [2.45, 2.75) is 26.8 Å². The van der Waals surface area contributed by atoms with Crippen LogP contribution in [0.15, 0.2) is 72.3 Å². The van der Waals surface area contributed by atoms with Crippen molar-refractivity contribution in [3.8, 4) is 11.5 Å². The van der Waals surface area contributed by atoms with E-state index in [4.69, 9.17) is 21.1 Å². The van der Waals surface area contributed by atoms with E-state index in [1.165, 1.54) is 18.1 Å². The minimum Gasteiger partial charge on any atom is -0.507 e. The van der Waals surface area contributed by atoms with Crippen molar-refractivity contribution in [3.63, 3.8) is 0 Å². The second-order valence-corrected chi connectivity index (χ2v) is 9.54. The van der Waals surface area contributed by atoms with Gasteiger partial charge in [0, 0.05) is 11.3 Å². The van der Waals surface area contributed by atoms with Gasteiger partial charge in [-0.1, -0.05) is 49.7 Å². The number of carbonyl (C=O) groups excluding carboxylic acids is 2. The van der Waals surface area contributed by atoms with Gasteiger partial charge in [-0.3, -0.25) is 14.5 Å². The molecule has 36 heavy (non-hydrogen) atoms. The SMILES string of the molecule is COc1cc(/C(O)=C2/C(=O)C(=O)N(c3cccc(C)c3)C2c2cccc(OCC(C)C)c2)ccc1Cl. The molecule has 7 heteroatoms. The molecular formula is C29H28ClNO5. The summed E-state index contributed by atoms with van der Waals surface area (Å²) >= 11 is 6.16. The fraction of sp³-hybridized carbons (Fsp3) is 0.241. The lowest BCUT2D eigenvalue weighted by molar-refractivity contribution is -0.132. The Morgan fingerprint density at radius 2 is 1.81 bits per heavy atom. The predicted molar refractivity (Wildman–Crippen MR) is 141 cm³/mol. The Labute approximate surface area is 215 Å². The molecule has 1 atom stereocenters. The van der Waals surface area contributed by atoms with E-state index in [2.05, 4.69) is 13.8 Å². The molecule has 0 spiro atoms. The Balaban J connectivity index is 1.91. The fourth-order valence-electron chi connectivity index (χ4n) is 4.19. The third-order valence-corrected chi connectivity index (χ3v) is 6.22. The molecule has 6 nitrogen and oxygen atoms in total. The number of ether oxygens (including phenoxy) is 2. The number of aliphatic hydroxyl groups excluding tert-OH is 1. The molecule has 1 heterocycles. The highest BCUT2D eigenvalue weighted by atomic mass is 35.5. The van der Waals surface area contributed by atoms with Crippen molar-refractivity contribution >= 4 is 34.7 Å². The summed E-state index contributed by atoms with van der Waals surface area (Å²) in [6.07, 6.45) is 0. The van der Waals surface area contributed by atoms with Gasteiger partial charge in [-0.05, 0) is 66.4 Å². The van der Waals surface area contributed by atoms with E-state index in [-0.39, 0.29) is 11.3 Å². The number of Topliss-reactive ketones (excluding diaryl/α,β-unsaturated/α-hetero) is 1. The predicted octanol–water partition coefficient (Wildman–Crippen LogP) is 6.32. The van der Waals surface area contributed by atoms with Crippen molar-refractivity contribution in [2.75, 3.05) is 18.6 Å². The van der Waals surface area contributed by atoms with E-state index in [1.54, 1.807) is 24.3 Å². The number of ketones is 1. The quantitative estimate of drug-likeness (QED) is 0.231. The molecule has 1 aliphatic heterocycles. The summed E-state index contributed by atoms with van der Waals surface area (Å²) in [6.45, 7) is 6.54. The van der Waals surface area contributed by atoms with E-state index in [0.717, 1.165) is 5.56 Å². The van der Waals surface area contributed by atoms with Crippen LogP contribution in [0.4, 0.5) is 5.69 Å². The number of halogens is 1. The lowest BCUT2D eigenvalue weighted by Crippen LogP contribution is -2.29. The number of aliphatic hydroxyl groups is 1. The maximum atomic E-state index is 13.4. The van der Waals surface area contributed by atoms with Crippen LogP contribution in [0, 0.1) is 12.8 Å². The maximum absolute atomic E-state index is 13.4. The molecule has 186 valence electrons. The van der Waals surface area contributed by atoms with E-state index in [1.807, 2.05) is 43.3 Å². The average molecular weight is 506 g/mol. The topological polar surface area (TPSA) is 76.1 Å². The van der Waals surface area contributed by atoms with Gasteiger partial charge < -0.3 is 14.6 Å². The fourth-order valence-corrected chi connectivity index (χ4v) is 4.39. The second-order valence-electron chi connectivity index (χ2n) is 9.13. The van der Waals surface area contributed by atoms with Gasteiger partial charge in [0.15, 0.2) is 0 Å². The molecule has 1 unspecified atom stereocenters. The Morgan fingerprint density at radius 3 is 2.50 bits per heavy atom. The van der Waals surface area contributed by atoms with Crippen LogP contribution in [0.25, 0.3) is 5.76 Å². The van der Waals surface area contributed by atoms with Gasteiger partial charge in [-0.2, -0.15) is 0 Å². The Morgan fingerprint density at radius 1 is 1.06 bits per heavy atom. The Bertz CT molecular complexity index is 1350. The number of hydrogen-bond donors (Lipinski definition) is 1. The van der Waals surface area contributed by atoms with E-state index >= 15 is 0 Å². The third-order valence-electron chi connectivity index (χ3n) is 5.91. The summed E-state index contributed by atoms with van der Waals surface area (Å²) in [4.78, 5) is 28.2. The molecule has 0 radical (unpaired) electrons. The van der Waals surface area contributed by atoms with Gasteiger partial charge in [0.05, 0.1) is 30.4 Å². The lowest BCUT2D eigenvalue weighted by atomic mass is 9.94. The minimum absolute atomic E-state index is 0.0214. The molecule has 0 saturated carbocycles.